The Balaban J connectivity index is 1.19. The zero-order valence-electron chi connectivity index (χ0n) is 32.3. The van der Waals surface area contributed by atoms with Gasteiger partial charge in [-0.2, -0.15) is 0 Å². The van der Waals surface area contributed by atoms with E-state index >= 15 is 0 Å². The fourth-order valence-corrected chi connectivity index (χ4v) is 15.4. The maximum absolute atomic E-state index is 2.68. The summed E-state index contributed by atoms with van der Waals surface area (Å²) in [6, 6.07) is 64.5. The Morgan fingerprint density at radius 2 is 0.836 bits per heavy atom. The highest BCUT2D eigenvalue weighted by atomic mass is 32.2. The summed E-state index contributed by atoms with van der Waals surface area (Å²) < 4.78 is 10.9. The largest absolute Gasteiger partial charge is 0.309 e. The molecule has 0 amide bonds. The zero-order chi connectivity index (χ0) is 39.2. The SMILES string of the molecule is c1ccc2c(c1)Sc1ccccc1N2c1cc2c3c(c1)-n1c4cccc5cccc(c6cccc7sc(c1c76)B3c1sc3cccc6c7cccc8cccc(c87)n-2c1c36)c54. The number of benzene rings is 9. The van der Waals surface area contributed by atoms with Crippen molar-refractivity contribution in [2.75, 3.05) is 4.90 Å². The van der Waals surface area contributed by atoms with Gasteiger partial charge in [0.05, 0.1) is 39.1 Å². The lowest BCUT2D eigenvalue weighted by Gasteiger charge is -2.37. The van der Waals surface area contributed by atoms with Gasteiger partial charge in [-0.05, 0) is 98.4 Å². The molecule has 0 spiro atoms. The monoisotopic (exact) mass is 825 g/mol. The summed E-state index contributed by atoms with van der Waals surface area (Å²) in [6.07, 6.45) is 0. The van der Waals surface area contributed by atoms with Crippen LogP contribution in [0.2, 0.25) is 0 Å². The molecule has 61 heavy (non-hydrogen) atoms. The van der Waals surface area contributed by atoms with Gasteiger partial charge in [-0.1, -0.05) is 121 Å². The molecule has 3 nitrogen and oxygen atoms in total. The Kier molecular flexibility index (Phi) is 5.85. The van der Waals surface area contributed by atoms with Gasteiger partial charge >= 0.3 is 0 Å². The van der Waals surface area contributed by atoms with Crippen LogP contribution in [0.15, 0.2) is 180 Å². The van der Waals surface area contributed by atoms with E-state index < -0.39 is 0 Å². The Morgan fingerprint density at radius 3 is 1.34 bits per heavy atom. The first-order chi connectivity index (χ1) is 30.3. The van der Waals surface area contributed by atoms with Crippen LogP contribution in [0.5, 0.6) is 0 Å². The number of para-hydroxylation sites is 2. The molecule has 0 fully saturated rings. The highest BCUT2D eigenvalue weighted by Gasteiger charge is 2.44. The Hall–Kier alpha value is -6.77. The van der Waals surface area contributed by atoms with E-state index in [1.807, 2.05) is 34.4 Å². The van der Waals surface area contributed by atoms with Crippen LogP contribution in [0, 0.1) is 0 Å². The molecule has 7 heteroatoms. The third-order valence-corrected chi connectivity index (χ3v) is 17.4. The second-order valence-electron chi connectivity index (χ2n) is 16.7. The van der Waals surface area contributed by atoms with Crippen LogP contribution in [0.4, 0.5) is 17.1 Å². The third-order valence-electron chi connectivity index (χ3n) is 13.8. The van der Waals surface area contributed by atoms with Gasteiger partial charge in [0.25, 0.3) is 6.71 Å². The second-order valence-corrected chi connectivity index (χ2v) is 20.0. The van der Waals surface area contributed by atoms with Gasteiger partial charge in [-0.25, -0.2) is 0 Å². The minimum Gasteiger partial charge on any atom is -0.309 e. The minimum atomic E-state index is 0.0596. The average Bonchev–Trinajstić information content (AvgIpc) is 3.82. The quantitative estimate of drug-likeness (QED) is 0.153. The predicted molar refractivity (Wildman–Crippen MR) is 264 cm³/mol. The highest BCUT2D eigenvalue weighted by molar-refractivity contribution is 7.99. The molecule has 0 atom stereocenters. The molecule has 0 aliphatic carbocycles. The maximum atomic E-state index is 2.68. The number of nitrogens with zero attached hydrogens (tertiary/aromatic N) is 3. The van der Waals surface area contributed by atoms with Crippen molar-refractivity contribution in [1.82, 2.24) is 9.13 Å². The van der Waals surface area contributed by atoms with Gasteiger partial charge in [0, 0.05) is 61.7 Å². The van der Waals surface area contributed by atoms with E-state index in [2.05, 4.69) is 184 Å². The molecule has 7 heterocycles. The van der Waals surface area contributed by atoms with Crippen molar-refractivity contribution < 1.29 is 0 Å². The van der Waals surface area contributed by atoms with Gasteiger partial charge in [-0.15, -0.1) is 22.7 Å². The number of hydrogen-bond acceptors (Lipinski definition) is 4. The van der Waals surface area contributed by atoms with Crippen LogP contribution in [-0.4, -0.2) is 15.8 Å². The molecule has 0 saturated heterocycles. The van der Waals surface area contributed by atoms with Crippen molar-refractivity contribution in [3.8, 4) is 11.4 Å². The number of hydrogen-bond donors (Lipinski definition) is 0. The summed E-state index contributed by atoms with van der Waals surface area (Å²) in [4.78, 5) is 5.06. The molecule has 16 rings (SSSR count). The summed E-state index contributed by atoms with van der Waals surface area (Å²) in [7, 11) is 0. The van der Waals surface area contributed by atoms with Crippen LogP contribution in [0.3, 0.4) is 0 Å². The number of aromatic nitrogens is 2. The highest BCUT2D eigenvalue weighted by Crippen LogP contribution is 2.53. The maximum Gasteiger partial charge on any atom is 0.277 e. The van der Waals surface area contributed by atoms with Crippen molar-refractivity contribution in [2.24, 2.45) is 0 Å². The Morgan fingerprint density at radius 1 is 0.393 bits per heavy atom. The molecule has 13 aromatic rings. The molecule has 9 aromatic carbocycles. The number of anilines is 3. The lowest BCUT2D eigenvalue weighted by Crippen LogP contribution is -2.57. The molecule has 0 N–H and O–H groups in total. The van der Waals surface area contributed by atoms with E-state index in [9.17, 15) is 0 Å². The van der Waals surface area contributed by atoms with Gasteiger partial charge in [-0.3, -0.25) is 0 Å². The number of thiophene rings is 2. The predicted octanol–water partition coefficient (Wildman–Crippen LogP) is 13.7. The standard InChI is InChI=1S/C54H28BN3S3/c1-3-23-42-36(19-1)56(37-20-2-4-24-43(37)59-42)31-27-40-50-41(28-31)58-39-22-8-14-30-12-6-16-33(47(30)39)35-18-10-26-45-49(35)52(58)54(61-45)55(50)53-51-48-34(17-9-25-44(48)60-53)32-15-5-11-29-13-7-21-38(46(29)32)57(40)51/h1-28H. The van der Waals surface area contributed by atoms with E-state index in [-0.39, 0.29) is 6.71 Å². The van der Waals surface area contributed by atoms with Gasteiger partial charge in [0.15, 0.2) is 0 Å². The topological polar surface area (TPSA) is 13.1 Å². The van der Waals surface area contributed by atoms with Crippen molar-refractivity contribution in [3.63, 3.8) is 0 Å². The van der Waals surface area contributed by atoms with Crippen LogP contribution in [0.25, 0.3) is 96.7 Å². The van der Waals surface area contributed by atoms with Crippen molar-refractivity contribution >= 4 is 159 Å². The number of fused-ring (bicyclic) bond motifs is 10. The van der Waals surface area contributed by atoms with Crippen LogP contribution in [0.1, 0.15) is 0 Å². The van der Waals surface area contributed by atoms with Gasteiger partial charge in [0.2, 0.25) is 0 Å². The number of rotatable bonds is 1. The second kappa shape index (κ2) is 11.1. The summed E-state index contributed by atoms with van der Waals surface area (Å²) >= 11 is 5.87. The van der Waals surface area contributed by atoms with Crippen LogP contribution < -0.4 is 19.9 Å². The van der Waals surface area contributed by atoms with Crippen molar-refractivity contribution in [2.45, 2.75) is 9.79 Å². The van der Waals surface area contributed by atoms with E-state index in [1.54, 1.807) is 0 Å². The van der Waals surface area contributed by atoms with Crippen LogP contribution in [-0.2, 0) is 0 Å². The van der Waals surface area contributed by atoms with Crippen molar-refractivity contribution in [1.29, 1.82) is 0 Å². The smallest absolute Gasteiger partial charge is 0.277 e. The van der Waals surface area contributed by atoms with Gasteiger partial charge in [0.1, 0.15) is 0 Å². The molecule has 0 saturated carbocycles. The van der Waals surface area contributed by atoms with E-state index in [1.165, 1.54) is 133 Å². The average molecular weight is 826 g/mol. The third kappa shape index (κ3) is 3.82. The first-order valence-electron chi connectivity index (χ1n) is 20.9. The first kappa shape index (κ1) is 32.1. The van der Waals surface area contributed by atoms with Gasteiger partial charge < -0.3 is 14.0 Å². The first-order valence-corrected chi connectivity index (χ1v) is 23.3. The molecular weight excluding hydrogens is 798 g/mol. The normalized spacial score (nSPS) is 13.8. The molecular formula is C54H28BN3S3. The molecule has 0 bridgehead atoms. The molecule has 3 aliphatic heterocycles. The van der Waals surface area contributed by atoms with Crippen LogP contribution >= 0.6 is 34.4 Å². The summed E-state index contributed by atoms with van der Waals surface area (Å²) in [5.41, 5.74) is 12.6. The fraction of sp³-hybridized carbons (Fsp3) is 0. The lowest BCUT2D eigenvalue weighted by atomic mass is 9.40. The summed E-state index contributed by atoms with van der Waals surface area (Å²) in [6.45, 7) is 0.0596. The zero-order valence-corrected chi connectivity index (χ0v) is 34.8. The molecule has 280 valence electrons. The molecule has 3 aliphatic rings. The fourth-order valence-electron chi connectivity index (χ4n) is 11.6. The minimum absolute atomic E-state index is 0.0596. The summed E-state index contributed by atoms with van der Waals surface area (Å²) in [5, 5.41) is 13.1. The summed E-state index contributed by atoms with van der Waals surface area (Å²) in [5.74, 6) is 0. The Labute approximate surface area is 361 Å². The molecule has 4 aromatic heterocycles. The van der Waals surface area contributed by atoms with Crippen molar-refractivity contribution in [3.05, 3.63) is 170 Å². The Bertz CT molecular complexity index is 3910. The van der Waals surface area contributed by atoms with E-state index in [4.69, 9.17) is 0 Å². The molecule has 0 unspecified atom stereocenters. The lowest BCUT2D eigenvalue weighted by molar-refractivity contribution is 1.11. The van der Waals surface area contributed by atoms with E-state index in [0.29, 0.717) is 0 Å². The molecule has 0 radical (unpaired) electrons. The van der Waals surface area contributed by atoms with E-state index in [0.717, 1.165) is 5.69 Å².